The fraction of sp³-hybridized carbons (Fsp3) is 0.350. The lowest BCUT2D eigenvalue weighted by atomic mass is 10.0. The second kappa shape index (κ2) is 8.29. The Hall–Kier alpha value is -2.09. The number of benzene rings is 1. The number of piperidine rings is 1. The molecule has 3 aromatic rings. The van der Waals surface area contributed by atoms with Gasteiger partial charge in [-0.2, -0.15) is 0 Å². The van der Waals surface area contributed by atoms with Crippen molar-refractivity contribution in [3.63, 3.8) is 0 Å². The summed E-state index contributed by atoms with van der Waals surface area (Å²) in [4.78, 5) is 6.52. The van der Waals surface area contributed by atoms with Crippen LogP contribution >= 0.6 is 15.9 Å². The molecule has 1 saturated heterocycles. The molecule has 0 radical (unpaired) electrons. The van der Waals surface area contributed by atoms with Crippen LogP contribution in [0.5, 0.6) is 0 Å². The molecule has 1 aliphatic rings. The zero-order valence-electron chi connectivity index (χ0n) is 15.2. The monoisotopic (exact) mass is 427 g/mol. The molecule has 3 heterocycles. The molecule has 0 amide bonds. The van der Waals surface area contributed by atoms with Gasteiger partial charge in [-0.05, 0) is 72.7 Å². The average Bonchev–Trinajstić information content (AvgIpc) is 3.18. The predicted octanol–water partition coefficient (Wildman–Crippen LogP) is 3.74. The van der Waals surface area contributed by atoms with Gasteiger partial charge in [-0.25, -0.2) is 0 Å². The van der Waals surface area contributed by atoms with E-state index in [1.54, 1.807) is 12.4 Å². The highest BCUT2D eigenvalue weighted by molar-refractivity contribution is 9.10. The molecule has 0 aliphatic carbocycles. The molecule has 0 spiro atoms. The summed E-state index contributed by atoms with van der Waals surface area (Å²) in [6.45, 7) is 3.22. The summed E-state index contributed by atoms with van der Waals surface area (Å²) in [6, 6.07) is 10.8. The molecule has 27 heavy (non-hydrogen) atoms. The number of likely N-dealkylation sites (tertiary alicyclic amines) is 1. The minimum absolute atomic E-state index is 0.465. The fourth-order valence-corrected chi connectivity index (χ4v) is 3.59. The maximum atomic E-state index is 5.81. The van der Waals surface area contributed by atoms with Crippen molar-refractivity contribution in [1.82, 2.24) is 25.4 Å². The van der Waals surface area contributed by atoms with Crippen LogP contribution in [0.2, 0.25) is 0 Å². The van der Waals surface area contributed by atoms with Crippen molar-refractivity contribution in [3.8, 4) is 22.9 Å². The number of hydrogen-bond donors (Lipinski definition) is 1. The van der Waals surface area contributed by atoms with Gasteiger partial charge in [0.05, 0.1) is 5.56 Å². The van der Waals surface area contributed by atoms with Crippen LogP contribution < -0.4 is 5.32 Å². The minimum atomic E-state index is 0.465. The van der Waals surface area contributed by atoms with Crippen molar-refractivity contribution < 1.29 is 4.42 Å². The normalized spacial score (nSPS) is 15.9. The second-order valence-corrected chi connectivity index (χ2v) is 7.88. The Morgan fingerprint density at radius 3 is 2.48 bits per heavy atom. The lowest BCUT2D eigenvalue weighted by Crippen LogP contribution is -2.40. The van der Waals surface area contributed by atoms with Gasteiger partial charge in [0, 0.05) is 35.0 Å². The standard InChI is InChI=1S/C20H22BrN5O/c1-26-8-6-18(7-9-26)23-11-14-2-4-15(5-3-14)19-24-25-20(27-19)16-10-17(21)13-22-12-16/h2-5,10,12-13,18,23H,6-9,11H2,1H3. The van der Waals surface area contributed by atoms with E-state index in [9.17, 15) is 0 Å². The zero-order valence-corrected chi connectivity index (χ0v) is 16.8. The van der Waals surface area contributed by atoms with Gasteiger partial charge < -0.3 is 14.6 Å². The van der Waals surface area contributed by atoms with E-state index in [1.807, 2.05) is 18.2 Å². The third kappa shape index (κ3) is 4.61. The Labute approximate surface area is 167 Å². The Balaban J connectivity index is 1.39. The van der Waals surface area contributed by atoms with Crippen molar-refractivity contribution >= 4 is 15.9 Å². The van der Waals surface area contributed by atoms with Crippen molar-refractivity contribution in [2.24, 2.45) is 0 Å². The summed E-state index contributed by atoms with van der Waals surface area (Å²) < 4.78 is 6.69. The molecule has 2 aromatic heterocycles. The first-order valence-corrected chi connectivity index (χ1v) is 9.92. The topological polar surface area (TPSA) is 67.1 Å². The Morgan fingerprint density at radius 1 is 1.07 bits per heavy atom. The van der Waals surface area contributed by atoms with Gasteiger partial charge >= 0.3 is 0 Å². The van der Waals surface area contributed by atoms with Gasteiger partial charge in [0.25, 0.3) is 0 Å². The predicted molar refractivity (Wildman–Crippen MR) is 108 cm³/mol. The maximum absolute atomic E-state index is 5.81. The molecule has 1 fully saturated rings. The van der Waals surface area contributed by atoms with E-state index >= 15 is 0 Å². The van der Waals surface area contributed by atoms with Gasteiger partial charge in [-0.15, -0.1) is 10.2 Å². The summed E-state index contributed by atoms with van der Waals surface area (Å²) in [5.74, 6) is 0.978. The summed E-state index contributed by atoms with van der Waals surface area (Å²) in [5.41, 5.74) is 2.97. The van der Waals surface area contributed by atoms with E-state index in [0.717, 1.165) is 22.1 Å². The average molecular weight is 428 g/mol. The number of hydrogen-bond acceptors (Lipinski definition) is 6. The van der Waals surface area contributed by atoms with E-state index in [-0.39, 0.29) is 0 Å². The van der Waals surface area contributed by atoms with Crippen LogP contribution in [0.25, 0.3) is 22.9 Å². The highest BCUT2D eigenvalue weighted by Gasteiger charge is 2.16. The summed E-state index contributed by atoms with van der Waals surface area (Å²) in [7, 11) is 2.19. The van der Waals surface area contributed by atoms with Crippen LogP contribution in [-0.2, 0) is 6.54 Å². The molecule has 1 N–H and O–H groups in total. The van der Waals surface area contributed by atoms with Crippen LogP contribution in [0.4, 0.5) is 0 Å². The van der Waals surface area contributed by atoms with Crippen molar-refractivity contribution in [3.05, 3.63) is 52.8 Å². The molecular weight excluding hydrogens is 406 g/mol. The first-order valence-electron chi connectivity index (χ1n) is 9.13. The molecule has 1 aliphatic heterocycles. The first kappa shape index (κ1) is 18.3. The number of aromatic nitrogens is 3. The van der Waals surface area contributed by atoms with E-state index < -0.39 is 0 Å². The number of nitrogens with one attached hydrogen (secondary N) is 1. The van der Waals surface area contributed by atoms with Crippen LogP contribution in [0.15, 0.2) is 51.6 Å². The first-order chi connectivity index (χ1) is 13.2. The SMILES string of the molecule is CN1CCC(NCc2ccc(-c3nnc(-c4cncc(Br)c4)o3)cc2)CC1. The van der Waals surface area contributed by atoms with E-state index in [4.69, 9.17) is 4.42 Å². The lowest BCUT2D eigenvalue weighted by molar-refractivity contribution is 0.234. The number of halogens is 1. The maximum Gasteiger partial charge on any atom is 0.249 e. The van der Waals surface area contributed by atoms with Crippen molar-refractivity contribution in [2.45, 2.75) is 25.4 Å². The van der Waals surface area contributed by atoms with Crippen LogP contribution in [0.1, 0.15) is 18.4 Å². The van der Waals surface area contributed by atoms with Gasteiger partial charge in [-0.1, -0.05) is 12.1 Å². The Kier molecular flexibility index (Phi) is 5.61. The fourth-order valence-electron chi connectivity index (χ4n) is 3.23. The molecule has 0 atom stereocenters. The lowest BCUT2D eigenvalue weighted by Gasteiger charge is -2.29. The second-order valence-electron chi connectivity index (χ2n) is 6.96. The Bertz CT molecular complexity index is 887. The number of nitrogens with zero attached hydrogens (tertiary/aromatic N) is 4. The number of rotatable bonds is 5. The Morgan fingerprint density at radius 2 is 1.78 bits per heavy atom. The van der Waals surface area contributed by atoms with Gasteiger partial charge in [0.1, 0.15) is 0 Å². The van der Waals surface area contributed by atoms with Crippen LogP contribution in [0, 0.1) is 0 Å². The van der Waals surface area contributed by atoms with Gasteiger partial charge in [0.2, 0.25) is 11.8 Å². The molecule has 0 bridgehead atoms. The molecule has 4 rings (SSSR count). The third-order valence-corrected chi connectivity index (χ3v) is 5.32. The smallest absolute Gasteiger partial charge is 0.249 e. The molecule has 6 nitrogen and oxygen atoms in total. The van der Waals surface area contributed by atoms with Crippen molar-refractivity contribution in [1.29, 1.82) is 0 Å². The van der Waals surface area contributed by atoms with Crippen molar-refractivity contribution in [2.75, 3.05) is 20.1 Å². The molecule has 140 valence electrons. The molecular formula is C20H22BrN5O. The van der Waals surface area contributed by atoms with E-state index in [2.05, 4.69) is 60.5 Å². The largest absolute Gasteiger partial charge is 0.416 e. The minimum Gasteiger partial charge on any atom is -0.416 e. The molecule has 1 aromatic carbocycles. The highest BCUT2D eigenvalue weighted by Crippen LogP contribution is 2.25. The third-order valence-electron chi connectivity index (χ3n) is 4.89. The zero-order chi connectivity index (χ0) is 18.6. The quantitative estimate of drug-likeness (QED) is 0.668. The van der Waals surface area contributed by atoms with E-state index in [1.165, 1.54) is 31.5 Å². The van der Waals surface area contributed by atoms with E-state index in [0.29, 0.717) is 17.8 Å². The summed E-state index contributed by atoms with van der Waals surface area (Å²) >= 11 is 3.40. The highest BCUT2D eigenvalue weighted by atomic mass is 79.9. The summed E-state index contributed by atoms with van der Waals surface area (Å²) in [5, 5.41) is 12.0. The van der Waals surface area contributed by atoms with Crippen LogP contribution in [-0.4, -0.2) is 46.3 Å². The molecule has 0 saturated carbocycles. The van der Waals surface area contributed by atoms with Gasteiger partial charge in [-0.3, -0.25) is 4.98 Å². The molecule has 0 unspecified atom stereocenters. The number of pyridine rings is 1. The van der Waals surface area contributed by atoms with Crippen LogP contribution in [0.3, 0.4) is 0 Å². The summed E-state index contributed by atoms with van der Waals surface area (Å²) in [6.07, 6.45) is 5.85. The molecule has 7 heteroatoms. The van der Waals surface area contributed by atoms with Gasteiger partial charge in [0.15, 0.2) is 0 Å².